The van der Waals surface area contributed by atoms with Gasteiger partial charge in [-0.15, -0.1) is 0 Å². The number of ether oxygens (including phenoxy) is 4. The SMILES string of the molecule is O=C(C=Cc1ccc(O)c(O)c1)OC1C(CO)OC(OCCc2cc(O)c(O)cc2C(CC(=O)OC(Cc2ccc(O)c(O)c2)C(=O)O)c2ccc(O)c(O)c2)C(O)C1O. The number of aliphatic hydroxyl groups excluding tert-OH is 3. The average Bonchev–Trinajstić information content (AvgIpc) is 3.20. The van der Waals surface area contributed by atoms with Gasteiger partial charge in [-0.1, -0.05) is 18.2 Å². The number of benzene rings is 4. The summed E-state index contributed by atoms with van der Waals surface area (Å²) in [4.78, 5) is 38.1. The zero-order chi connectivity index (χ0) is 43.8. The number of carboxylic acid groups (broad SMARTS) is 1. The van der Waals surface area contributed by atoms with E-state index in [4.69, 9.17) is 18.9 Å². The van der Waals surface area contributed by atoms with Crippen molar-refractivity contribution in [3.63, 3.8) is 0 Å². The van der Waals surface area contributed by atoms with Gasteiger partial charge in [0.25, 0.3) is 0 Å². The molecule has 1 aliphatic rings. The molecule has 0 spiro atoms. The van der Waals surface area contributed by atoms with Crippen molar-refractivity contribution in [1.29, 1.82) is 0 Å². The van der Waals surface area contributed by atoms with E-state index in [1.807, 2.05) is 0 Å². The number of hydrogen-bond donors (Lipinski definition) is 12. The van der Waals surface area contributed by atoms with Gasteiger partial charge in [-0.2, -0.15) is 0 Å². The summed E-state index contributed by atoms with van der Waals surface area (Å²) in [6.45, 7) is -1.15. The number of aromatic hydroxyl groups is 8. The van der Waals surface area contributed by atoms with Crippen LogP contribution < -0.4 is 0 Å². The molecule has 19 nitrogen and oxygen atoms in total. The predicted molar refractivity (Wildman–Crippen MR) is 203 cm³/mol. The number of phenols is 8. The summed E-state index contributed by atoms with van der Waals surface area (Å²) in [5.41, 5.74) is 1.02. The Morgan fingerprint density at radius 2 is 1.35 bits per heavy atom. The second-order valence-corrected chi connectivity index (χ2v) is 13.7. The number of aliphatic carboxylic acids is 1. The zero-order valence-corrected chi connectivity index (χ0v) is 31.3. The van der Waals surface area contributed by atoms with Crippen LogP contribution in [0.25, 0.3) is 6.08 Å². The van der Waals surface area contributed by atoms with Crippen LogP contribution in [0.5, 0.6) is 46.0 Å². The molecule has 0 saturated carbocycles. The van der Waals surface area contributed by atoms with Gasteiger partial charge in [0.05, 0.1) is 19.6 Å². The summed E-state index contributed by atoms with van der Waals surface area (Å²) in [5, 5.41) is 122. The second-order valence-electron chi connectivity index (χ2n) is 13.7. The lowest BCUT2D eigenvalue weighted by Gasteiger charge is -2.41. The Hall–Kier alpha value is -6.77. The molecule has 12 N–H and O–H groups in total. The summed E-state index contributed by atoms with van der Waals surface area (Å²) in [6, 6.07) is 13.1. The van der Waals surface area contributed by atoms with E-state index < -0.39 is 120 Å². The van der Waals surface area contributed by atoms with Crippen LogP contribution >= 0.6 is 0 Å². The van der Waals surface area contributed by atoms with Crippen molar-refractivity contribution in [3.05, 3.63) is 101 Å². The largest absolute Gasteiger partial charge is 0.504 e. The summed E-state index contributed by atoms with van der Waals surface area (Å²) in [5.74, 6) is -8.93. The van der Waals surface area contributed by atoms with Gasteiger partial charge >= 0.3 is 17.9 Å². The number of rotatable bonds is 16. The maximum absolute atomic E-state index is 13.4. The molecule has 1 heterocycles. The van der Waals surface area contributed by atoms with Gasteiger partial charge in [0.2, 0.25) is 6.10 Å². The van der Waals surface area contributed by atoms with Gasteiger partial charge in [0.1, 0.15) is 18.3 Å². The van der Waals surface area contributed by atoms with E-state index in [0.717, 1.165) is 42.5 Å². The van der Waals surface area contributed by atoms with E-state index >= 15 is 0 Å². The molecular weight excluding hydrogens is 796 g/mol. The lowest BCUT2D eigenvalue weighted by molar-refractivity contribution is -0.302. The Morgan fingerprint density at radius 1 is 0.733 bits per heavy atom. The molecule has 0 aliphatic carbocycles. The molecule has 19 heteroatoms. The van der Waals surface area contributed by atoms with Crippen molar-refractivity contribution < 1.29 is 94.6 Å². The van der Waals surface area contributed by atoms with Crippen LogP contribution in [0.4, 0.5) is 0 Å². The third-order valence-electron chi connectivity index (χ3n) is 9.53. The van der Waals surface area contributed by atoms with Gasteiger partial charge in [0.15, 0.2) is 58.4 Å². The minimum atomic E-state index is -1.84. The van der Waals surface area contributed by atoms with Crippen LogP contribution in [0.15, 0.2) is 72.8 Å². The minimum absolute atomic E-state index is 0.132. The lowest BCUT2D eigenvalue weighted by Crippen LogP contribution is -2.60. The molecular formula is C41H42O19. The molecule has 320 valence electrons. The number of esters is 2. The lowest BCUT2D eigenvalue weighted by atomic mass is 9.84. The quantitative estimate of drug-likeness (QED) is 0.0434. The number of phenolic OH excluding ortho intramolecular Hbond substituents is 8. The van der Waals surface area contributed by atoms with E-state index in [1.165, 1.54) is 36.4 Å². The van der Waals surface area contributed by atoms with E-state index in [9.17, 15) is 75.7 Å². The monoisotopic (exact) mass is 838 g/mol. The Bertz CT molecular complexity index is 2220. The molecule has 0 radical (unpaired) electrons. The Balaban J connectivity index is 1.32. The molecule has 7 atom stereocenters. The maximum Gasteiger partial charge on any atom is 0.345 e. The molecule has 4 aromatic carbocycles. The van der Waals surface area contributed by atoms with Crippen LogP contribution in [0.3, 0.4) is 0 Å². The van der Waals surface area contributed by atoms with Crippen LogP contribution in [0.2, 0.25) is 0 Å². The molecule has 7 unspecified atom stereocenters. The molecule has 4 aromatic rings. The minimum Gasteiger partial charge on any atom is -0.504 e. The first kappa shape index (κ1) is 44.3. The summed E-state index contributed by atoms with van der Waals surface area (Å²) < 4.78 is 21.9. The van der Waals surface area contributed by atoms with E-state index in [2.05, 4.69) is 0 Å². The van der Waals surface area contributed by atoms with E-state index in [-0.39, 0.29) is 41.0 Å². The van der Waals surface area contributed by atoms with Gasteiger partial charge in [-0.05, 0) is 88.8 Å². The molecule has 1 saturated heterocycles. The Morgan fingerprint density at radius 3 is 1.98 bits per heavy atom. The molecule has 0 bridgehead atoms. The van der Waals surface area contributed by atoms with Crippen molar-refractivity contribution >= 4 is 24.0 Å². The smallest absolute Gasteiger partial charge is 0.345 e. The standard InChI is InChI=1S/C41H42O19/c42-18-34-39(60-35(51)8-3-19-1-5-25(43)28(46)11-19)37(53)38(54)41(59-34)57-10-9-22-15-31(49)32(50)16-23(22)24(21-4-7-27(45)30(48)14-21)17-36(52)58-33(40(55)56)13-20-2-6-26(44)29(47)12-20/h1-8,11-12,14-16,24,33-34,37-39,41-50,53-54H,9-10,13,17-18H2,(H,55,56). The molecule has 0 amide bonds. The number of carbonyl (C=O) groups is 3. The highest BCUT2D eigenvalue weighted by molar-refractivity contribution is 5.87. The summed E-state index contributed by atoms with van der Waals surface area (Å²) in [6.07, 6.45) is -9.06. The average molecular weight is 839 g/mol. The van der Waals surface area contributed by atoms with Crippen LogP contribution in [0, 0.1) is 0 Å². The second kappa shape index (κ2) is 19.3. The van der Waals surface area contributed by atoms with Crippen molar-refractivity contribution in [2.45, 2.75) is 62.0 Å². The zero-order valence-electron chi connectivity index (χ0n) is 31.3. The van der Waals surface area contributed by atoms with Crippen molar-refractivity contribution in [2.75, 3.05) is 13.2 Å². The van der Waals surface area contributed by atoms with Gasteiger partial charge in [0, 0.05) is 18.4 Å². The number of carbonyl (C=O) groups excluding carboxylic acids is 2. The van der Waals surface area contributed by atoms with E-state index in [1.54, 1.807) is 0 Å². The fraction of sp³-hybridized carbons (Fsp3) is 0.293. The van der Waals surface area contributed by atoms with Crippen molar-refractivity contribution in [2.24, 2.45) is 0 Å². The van der Waals surface area contributed by atoms with Crippen molar-refractivity contribution in [3.8, 4) is 46.0 Å². The highest BCUT2D eigenvalue weighted by atomic mass is 16.7. The molecule has 0 aromatic heterocycles. The number of aliphatic hydroxyl groups is 3. The highest BCUT2D eigenvalue weighted by Crippen LogP contribution is 2.40. The van der Waals surface area contributed by atoms with Gasteiger partial charge < -0.3 is 80.2 Å². The summed E-state index contributed by atoms with van der Waals surface area (Å²) >= 11 is 0. The van der Waals surface area contributed by atoms with Crippen LogP contribution in [-0.2, 0) is 46.2 Å². The first-order valence-corrected chi connectivity index (χ1v) is 18.1. The fourth-order valence-electron chi connectivity index (χ4n) is 6.41. The fourth-order valence-corrected chi connectivity index (χ4v) is 6.41. The van der Waals surface area contributed by atoms with Crippen molar-refractivity contribution in [1.82, 2.24) is 0 Å². The normalized spacial score (nSPS) is 20.0. The first-order valence-electron chi connectivity index (χ1n) is 18.1. The highest BCUT2D eigenvalue weighted by Gasteiger charge is 2.47. The van der Waals surface area contributed by atoms with E-state index in [0.29, 0.717) is 5.56 Å². The third-order valence-corrected chi connectivity index (χ3v) is 9.53. The Labute approximate surface area is 340 Å². The molecule has 60 heavy (non-hydrogen) atoms. The topological polar surface area (TPSA) is 331 Å². The Kier molecular flexibility index (Phi) is 14.3. The molecule has 1 fully saturated rings. The predicted octanol–water partition coefficient (Wildman–Crippen LogP) is 1.72. The molecule has 5 rings (SSSR count). The van der Waals surface area contributed by atoms with Crippen LogP contribution in [-0.4, -0.2) is 129 Å². The maximum atomic E-state index is 13.4. The number of carboxylic acids is 1. The first-order chi connectivity index (χ1) is 28.4. The summed E-state index contributed by atoms with van der Waals surface area (Å²) in [7, 11) is 0. The van der Waals surface area contributed by atoms with Gasteiger partial charge in [-0.25, -0.2) is 9.59 Å². The van der Waals surface area contributed by atoms with Gasteiger partial charge in [-0.3, -0.25) is 4.79 Å². The molecule has 1 aliphatic heterocycles. The number of hydrogen-bond acceptors (Lipinski definition) is 18. The third kappa shape index (κ3) is 10.8. The van der Waals surface area contributed by atoms with Crippen LogP contribution in [0.1, 0.15) is 40.2 Å².